The first-order valence-corrected chi connectivity index (χ1v) is 31.8. The van der Waals surface area contributed by atoms with Gasteiger partial charge in [-0.3, -0.25) is 14.2 Å². The Kier molecular flexibility index (Phi) is 52.9. The highest BCUT2D eigenvalue weighted by Gasteiger charge is 2.22. The first-order chi connectivity index (χ1) is 36.0. The van der Waals surface area contributed by atoms with Crippen molar-refractivity contribution in [1.29, 1.82) is 0 Å². The number of hydrogen-bond donors (Lipinski definition) is 0. The van der Waals surface area contributed by atoms with Crippen LogP contribution in [0.1, 0.15) is 258 Å². The summed E-state index contributed by atoms with van der Waals surface area (Å²) < 4.78 is 34.2. The van der Waals surface area contributed by atoms with E-state index in [9.17, 15) is 19.0 Å². The lowest BCUT2D eigenvalue weighted by Gasteiger charge is -2.28. The van der Waals surface area contributed by atoms with Crippen LogP contribution in [-0.4, -0.2) is 70.0 Å². The van der Waals surface area contributed by atoms with Crippen LogP contribution in [0.2, 0.25) is 0 Å². The van der Waals surface area contributed by atoms with Crippen molar-refractivity contribution in [3.8, 4) is 0 Å². The fraction of sp³-hybridized carbons (Fsp3) is 0.750. The summed E-state index contributed by atoms with van der Waals surface area (Å²) >= 11 is 0. The first kappa shape index (κ1) is 71.2. The second-order valence-corrected chi connectivity index (χ2v) is 22.7. The van der Waals surface area contributed by atoms with Crippen molar-refractivity contribution in [3.63, 3.8) is 0 Å². The minimum Gasteiger partial charge on any atom is -0.756 e. The molecule has 0 aliphatic carbocycles. The Morgan fingerprint density at radius 2 is 0.770 bits per heavy atom. The van der Waals surface area contributed by atoms with Crippen LogP contribution in [0.3, 0.4) is 0 Å². The molecule has 2 atom stereocenters. The highest BCUT2D eigenvalue weighted by molar-refractivity contribution is 7.45. The van der Waals surface area contributed by atoms with Crippen LogP contribution in [0.5, 0.6) is 0 Å². The Balaban J connectivity index is 4.16. The van der Waals surface area contributed by atoms with Gasteiger partial charge in [0, 0.05) is 12.8 Å². The fourth-order valence-corrected chi connectivity index (χ4v) is 8.97. The van der Waals surface area contributed by atoms with Crippen LogP contribution in [0, 0.1) is 0 Å². The quantitative estimate of drug-likeness (QED) is 0.0195. The van der Waals surface area contributed by atoms with E-state index in [-0.39, 0.29) is 32.0 Å². The van der Waals surface area contributed by atoms with E-state index in [1.807, 2.05) is 21.1 Å². The van der Waals surface area contributed by atoms with E-state index >= 15 is 0 Å². The molecule has 0 N–H and O–H groups in total. The van der Waals surface area contributed by atoms with Crippen LogP contribution in [0.4, 0.5) is 0 Å². The molecule has 9 nitrogen and oxygen atoms in total. The van der Waals surface area contributed by atoms with Gasteiger partial charge < -0.3 is 27.9 Å². The number of ether oxygens (including phenoxy) is 2. The highest BCUT2D eigenvalue weighted by Crippen LogP contribution is 2.38. The lowest BCUT2D eigenvalue weighted by molar-refractivity contribution is -0.870. The number of phosphoric acid groups is 1. The van der Waals surface area contributed by atoms with Crippen molar-refractivity contribution in [2.75, 3.05) is 47.5 Å². The van der Waals surface area contributed by atoms with Crippen LogP contribution in [0.15, 0.2) is 85.1 Å². The van der Waals surface area contributed by atoms with Crippen molar-refractivity contribution in [3.05, 3.63) is 85.1 Å². The maximum Gasteiger partial charge on any atom is 0.306 e. The number of phosphoric ester groups is 1. The van der Waals surface area contributed by atoms with Crippen LogP contribution in [-0.2, 0) is 32.7 Å². The highest BCUT2D eigenvalue weighted by atomic mass is 31.2. The molecule has 0 radical (unpaired) electrons. The summed E-state index contributed by atoms with van der Waals surface area (Å²) in [6.07, 6.45) is 73.4. The normalized spacial score (nSPS) is 13.9. The second-order valence-electron chi connectivity index (χ2n) is 21.3. The smallest absolute Gasteiger partial charge is 0.306 e. The molecule has 2 unspecified atom stereocenters. The lowest BCUT2D eigenvalue weighted by Crippen LogP contribution is -2.37. The zero-order chi connectivity index (χ0) is 54.2. The summed E-state index contributed by atoms with van der Waals surface area (Å²) in [6.45, 7) is 4.12. The van der Waals surface area contributed by atoms with Gasteiger partial charge in [0.1, 0.15) is 19.8 Å². The Hall–Kier alpha value is -2.81. The van der Waals surface area contributed by atoms with Crippen molar-refractivity contribution >= 4 is 19.8 Å². The molecule has 0 aliphatic heterocycles. The SMILES string of the molecule is CC/C=C\C/C=C\C/C=C\C/C=C\CCCCCCCCCCCCCCCCC(=O)OC(COC(=O)CCCCCCCCCC/C=C\C/C=C\C/C=C\CCCCCCC)COP(=O)([O-])OCC[N+](C)(C)C. The molecule has 0 fully saturated rings. The summed E-state index contributed by atoms with van der Waals surface area (Å²) in [5, 5.41) is 0. The molecule has 0 aromatic rings. The monoisotopic (exact) mass is 1060 g/mol. The second kappa shape index (κ2) is 55.0. The van der Waals surface area contributed by atoms with Gasteiger partial charge in [-0.2, -0.15) is 0 Å². The number of rotatable bonds is 55. The average Bonchev–Trinajstić information content (AvgIpc) is 3.36. The molecule has 0 bridgehead atoms. The lowest BCUT2D eigenvalue weighted by atomic mass is 10.0. The van der Waals surface area contributed by atoms with Gasteiger partial charge in [-0.25, -0.2) is 0 Å². The summed E-state index contributed by atoms with van der Waals surface area (Å²) in [7, 11) is 1.16. The number of allylic oxidation sites excluding steroid dienone is 14. The molecule has 0 saturated heterocycles. The van der Waals surface area contributed by atoms with Gasteiger partial charge in [0.25, 0.3) is 7.82 Å². The largest absolute Gasteiger partial charge is 0.756 e. The Bertz CT molecular complexity index is 1520. The number of nitrogens with zero attached hydrogens (tertiary/aromatic N) is 1. The number of carbonyl (C=O) groups is 2. The standard InChI is InChI=1S/C64H114NO8P/c1-6-8-10-12-14-16-18-20-22-24-26-28-30-31-32-33-35-37-39-41-43-45-47-49-51-53-55-57-64(67)73-62(61-72-74(68,69)71-59-58-65(3,4)5)60-70-63(66)56-54-52-50-48-46-44-42-40-38-36-34-29-27-25-23-21-19-17-15-13-11-9-7-2/h8,10,14,16,19-22,25-28,34,36,62H,6-7,9,11-13,15,17-18,23-24,29-33,35,37-61H2,1-5H3/b10-8-,16-14-,21-19-,22-20-,27-25-,28-26-,36-34-. The van der Waals surface area contributed by atoms with Gasteiger partial charge >= 0.3 is 11.9 Å². The fourth-order valence-electron chi connectivity index (χ4n) is 8.24. The van der Waals surface area contributed by atoms with Crippen molar-refractivity contribution in [1.82, 2.24) is 0 Å². The van der Waals surface area contributed by atoms with Gasteiger partial charge in [-0.05, 0) is 89.9 Å². The third-order valence-electron chi connectivity index (χ3n) is 12.9. The van der Waals surface area contributed by atoms with Crippen molar-refractivity contribution in [2.45, 2.75) is 264 Å². The molecule has 0 rings (SSSR count). The van der Waals surface area contributed by atoms with Crippen LogP contribution < -0.4 is 4.89 Å². The maximum atomic E-state index is 12.8. The number of hydrogen-bond acceptors (Lipinski definition) is 8. The molecular formula is C64H114NO8P. The summed E-state index contributed by atoms with van der Waals surface area (Å²) in [6, 6.07) is 0. The van der Waals surface area contributed by atoms with Gasteiger partial charge in [0.15, 0.2) is 6.10 Å². The maximum absolute atomic E-state index is 12.8. The Labute approximate surface area is 456 Å². The van der Waals surface area contributed by atoms with E-state index in [1.165, 1.54) is 135 Å². The van der Waals surface area contributed by atoms with E-state index in [0.29, 0.717) is 17.4 Å². The van der Waals surface area contributed by atoms with Gasteiger partial charge in [0.05, 0.1) is 27.7 Å². The number of quaternary nitrogens is 1. The summed E-state index contributed by atoms with van der Waals surface area (Å²) in [4.78, 5) is 37.9. The average molecular weight is 1060 g/mol. The molecule has 10 heteroatoms. The van der Waals surface area contributed by atoms with E-state index in [1.54, 1.807) is 0 Å². The molecule has 0 spiro atoms. The predicted molar refractivity (Wildman–Crippen MR) is 314 cm³/mol. The van der Waals surface area contributed by atoms with Crippen LogP contribution in [0.25, 0.3) is 0 Å². The van der Waals surface area contributed by atoms with Crippen molar-refractivity contribution in [2.24, 2.45) is 0 Å². The number of unbranched alkanes of at least 4 members (excludes halogenated alkanes) is 27. The zero-order valence-corrected chi connectivity index (χ0v) is 49.4. The topological polar surface area (TPSA) is 111 Å². The third-order valence-corrected chi connectivity index (χ3v) is 13.9. The van der Waals surface area contributed by atoms with Gasteiger partial charge in [-0.15, -0.1) is 0 Å². The Morgan fingerprint density at radius 3 is 1.15 bits per heavy atom. The third kappa shape index (κ3) is 58.5. The Morgan fingerprint density at radius 1 is 0.432 bits per heavy atom. The minimum atomic E-state index is -4.64. The van der Waals surface area contributed by atoms with E-state index in [4.69, 9.17) is 18.5 Å². The van der Waals surface area contributed by atoms with Gasteiger partial charge in [0.2, 0.25) is 0 Å². The molecule has 0 amide bonds. The molecule has 0 aromatic heterocycles. The molecule has 74 heavy (non-hydrogen) atoms. The molecule has 0 heterocycles. The molecule has 0 aromatic carbocycles. The molecule has 0 saturated carbocycles. The minimum absolute atomic E-state index is 0.0351. The number of carbonyl (C=O) groups excluding carboxylic acids is 2. The van der Waals surface area contributed by atoms with Gasteiger partial charge in [-0.1, -0.05) is 240 Å². The molecule has 0 aliphatic rings. The number of likely N-dealkylation sites (N-methyl/N-ethyl adjacent to an activating group) is 1. The summed E-state index contributed by atoms with van der Waals surface area (Å²) in [5.74, 6) is -0.840. The van der Waals surface area contributed by atoms with E-state index in [0.717, 1.165) is 89.9 Å². The number of esters is 2. The zero-order valence-electron chi connectivity index (χ0n) is 48.5. The van der Waals surface area contributed by atoms with E-state index in [2.05, 4.69) is 98.9 Å². The predicted octanol–water partition coefficient (Wildman–Crippen LogP) is 18.4. The van der Waals surface area contributed by atoms with E-state index < -0.39 is 26.5 Å². The first-order valence-electron chi connectivity index (χ1n) is 30.3. The molecular weight excluding hydrogens is 942 g/mol. The van der Waals surface area contributed by atoms with Crippen molar-refractivity contribution < 1.29 is 42.1 Å². The summed E-state index contributed by atoms with van der Waals surface area (Å²) in [5.41, 5.74) is 0. The van der Waals surface area contributed by atoms with Crippen LogP contribution >= 0.6 is 7.82 Å². The molecule has 428 valence electrons.